The molecule has 1 fully saturated rings. The molecule has 2 aliphatic carbocycles. The van der Waals surface area contributed by atoms with E-state index in [9.17, 15) is 14.4 Å². The molecule has 0 spiro atoms. The molecule has 7 heteroatoms. The zero-order valence-electron chi connectivity index (χ0n) is 19.5. The van der Waals surface area contributed by atoms with E-state index in [1.165, 1.54) is 11.1 Å². The maximum Gasteiger partial charge on any atom is 0.407 e. The first-order valence-corrected chi connectivity index (χ1v) is 12.1. The minimum Gasteiger partial charge on any atom is -0.481 e. The van der Waals surface area contributed by atoms with E-state index in [0.29, 0.717) is 25.8 Å². The number of fused-ring (bicyclic) bond motifs is 3. The summed E-state index contributed by atoms with van der Waals surface area (Å²) in [5.41, 5.74) is 4.66. The Labute approximate surface area is 199 Å². The molecular formula is C27H32N2O5. The second-order valence-corrected chi connectivity index (χ2v) is 9.23. The zero-order chi connectivity index (χ0) is 24.1. The number of nitrogens with one attached hydrogen (secondary N) is 2. The van der Waals surface area contributed by atoms with E-state index >= 15 is 0 Å². The minimum atomic E-state index is -0.864. The summed E-state index contributed by atoms with van der Waals surface area (Å²) in [6.45, 7) is 2.48. The zero-order valence-corrected chi connectivity index (χ0v) is 19.5. The van der Waals surface area contributed by atoms with E-state index in [0.717, 1.165) is 17.5 Å². The first-order chi connectivity index (χ1) is 16.5. The maximum atomic E-state index is 12.7. The smallest absolute Gasteiger partial charge is 0.407 e. The number of carboxylic acids is 1. The highest BCUT2D eigenvalue weighted by atomic mass is 16.5. The molecule has 0 saturated heterocycles. The highest BCUT2D eigenvalue weighted by Gasteiger charge is 2.35. The molecule has 2 aromatic carbocycles. The predicted molar refractivity (Wildman–Crippen MR) is 128 cm³/mol. The number of amides is 2. The number of carbonyl (C=O) groups excluding carboxylic acids is 2. The molecule has 7 nitrogen and oxygen atoms in total. The third kappa shape index (κ3) is 5.24. The van der Waals surface area contributed by atoms with E-state index in [1.54, 1.807) is 0 Å². The largest absolute Gasteiger partial charge is 0.481 e. The first-order valence-electron chi connectivity index (χ1n) is 12.1. The Hall–Kier alpha value is -3.35. The third-order valence-corrected chi connectivity index (χ3v) is 7.11. The van der Waals surface area contributed by atoms with Gasteiger partial charge in [-0.25, -0.2) is 4.79 Å². The molecule has 34 heavy (non-hydrogen) atoms. The molecular weight excluding hydrogens is 432 g/mol. The summed E-state index contributed by atoms with van der Waals surface area (Å²) in [7, 11) is 0. The van der Waals surface area contributed by atoms with Crippen molar-refractivity contribution in [3.8, 4) is 11.1 Å². The fraction of sp³-hybridized carbons (Fsp3) is 0.444. The number of carbonyl (C=O) groups is 3. The van der Waals surface area contributed by atoms with Crippen LogP contribution in [0, 0.1) is 11.8 Å². The van der Waals surface area contributed by atoms with Crippen LogP contribution in [0.3, 0.4) is 0 Å². The number of aliphatic carboxylic acids is 1. The molecule has 4 rings (SSSR count). The Morgan fingerprint density at radius 2 is 1.68 bits per heavy atom. The Morgan fingerprint density at radius 1 is 1.03 bits per heavy atom. The van der Waals surface area contributed by atoms with Crippen LogP contribution in [0.15, 0.2) is 48.5 Å². The molecule has 2 amide bonds. The van der Waals surface area contributed by atoms with Crippen molar-refractivity contribution in [3.05, 3.63) is 59.7 Å². The number of hydrogen-bond donors (Lipinski definition) is 3. The molecule has 0 radical (unpaired) electrons. The van der Waals surface area contributed by atoms with E-state index < -0.39 is 12.1 Å². The van der Waals surface area contributed by atoms with Crippen LogP contribution in [0.4, 0.5) is 4.79 Å². The van der Waals surface area contributed by atoms with Gasteiger partial charge in [-0.3, -0.25) is 9.59 Å². The summed E-state index contributed by atoms with van der Waals surface area (Å²) >= 11 is 0. The molecule has 0 aromatic heterocycles. The monoisotopic (exact) mass is 464 g/mol. The molecule has 2 aromatic rings. The summed E-state index contributed by atoms with van der Waals surface area (Å²) in [6.07, 6.45) is 2.45. The van der Waals surface area contributed by atoms with Crippen LogP contribution in [0.5, 0.6) is 0 Å². The Kier molecular flexibility index (Phi) is 7.50. The SMILES string of the molecule is CCC(CNC(=O)C1CCCC1NC(=O)OCC1c2ccccc2-c2ccccc21)CC(=O)O. The van der Waals surface area contributed by atoms with Crippen LogP contribution in [0.2, 0.25) is 0 Å². The van der Waals surface area contributed by atoms with Gasteiger partial charge >= 0.3 is 12.1 Å². The van der Waals surface area contributed by atoms with Gasteiger partial charge in [-0.1, -0.05) is 68.3 Å². The lowest BCUT2D eigenvalue weighted by molar-refractivity contribution is -0.138. The normalized spacial score (nSPS) is 19.7. The molecule has 3 N–H and O–H groups in total. The van der Waals surface area contributed by atoms with Crippen molar-refractivity contribution in [2.45, 2.75) is 51.0 Å². The van der Waals surface area contributed by atoms with Crippen LogP contribution in [-0.4, -0.2) is 42.3 Å². The van der Waals surface area contributed by atoms with Gasteiger partial charge in [-0.2, -0.15) is 0 Å². The van der Waals surface area contributed by atoms with Gasteiger partial charge in [-0.05, 0) is 41.0 Å². The van der Waals surface area contributed by atoms with Gasteiger partial charge in [0.2, 0.25) is 5.91 Å². The van der Waals surface area contributed by atoms with Gasteiger partial charge in [-0.15, -0.1) is 0 Å². The van der Waals surface area contributed by atoms with Crippen molar-refractivity contribution in [1.82, 2.24) is 10.6 Å². The van der Waals surface area contributed by atoms with Crippen LogP contribution in [0.1, 0.15) is 56.1 Å². The van der Waals surface area contributed by atoms with Crippen LogP contribution >= 0.6 is 0 Å². The molecule has 3 unspecified atom stereocenters. The van der Waals surface area contributed by atoms with Crippen LogP contribution < -0.4 is 10.6 Å². The Bertz CT molecular complexity index is 1010. The second-order valence-electron chi connectivity index (χ2n) is 9.23. The van der Waals surface area contributed by atoms with E-state index in [4.69, 9.17) is 9.84 Å². The topological polar surface area (TPSA) is 105 Å². The van der Waals surface area contributed by atoms with Crippen LogP contribution in [-0.2, 0) is 14.3 Å². The van der Waals surface area contributed by atoms with Crippen molar-refractivity contribution in [2.75, 3.05) is 13.2 Å². The molecule has 0 aliphatic heterocycles. The Morgan fingerprint density at radius 3 is 2.29 bits per heavy atom. The lowest BCUT2D eigenvalue weighted by Gasteiger charge is -2.22. The van der Waals surface area contributed by atoms with Crippen molar-refractivity contribution in [2.24, 2.45) is 11.8 Å². The number of hydrogen-bond acceptors (Lipinski definition) is 4. The maximum absolute atomic E-state index is 12.7. The average molecular weight is 465 g/mol. The average Bonchev–Trinajstić information content (AvgIpc) is 3.42. The molecule has 3 atom stereocenters. The van der Waals surface area contributed by atoms with Crippen LogP contribution in [0.25, 0.3) is 11.1 Å². The van der Waals surface area contributed by atoms with Crippen molar-refractivity contribution in [1.29, 1.82) is 0 Å². The summed E-state index contributed by atoms with van der Waals surface area (Å²) in [5.74, 6) is -1.44. The highest BCUT2D eigenvalue weighted by molar-refractivity contribution is 5.81. The second kappa shape index (κ2) is 10.7. The molecule has 180 valence electrons. The number of carboxylic acid groups (broad SMARTS) is 1. The summed E-state index contributed by atoms with van der Waals surface area (Å²) in [5, 5.41) is 14.8. The molecule has 2 aliphatic rings. The van der Waals surface area contributed by atoms with E-state index in [2.05, 4.69) is 34.9 Å². The highest BCUT2D eigenvalue weighted by Crippen LogP contribution is 2.44. The lowest BCUT2D eigenvalue weighted by atomic mass is 9.98. The van der Waals surface area contributed by atoms with Gasteiger partial charge in [0.1, 0.15) is 6.61 Å². The van der Waals surface area contributed by atoms with Gasteiger partial charge < -0.3 is 20.5 Å². The van der Waals surface area contributed by atoms with Crippen molar-refractivity contribution < 1.29 is 24.2 Å². The fourth-order valence-corrected chi connectivity index (χ4v) is 5.22. The summed E-state index contributed by atoms with van der Waals surface area (Å²) < 4.78 is 5.64. The number of alkyl carbamates (subject to hydrolysis) is 1. The number of benzene rings is 2. The fourth-order valence-electron chi connectivity index (χ4n) is 5.22. The van der Waals surface area contributed by atoms with Crippen molar-refractivity contribution >= 4 is 18.0 Å². The van der Waals surface area contributed by atoms with Gasteiger partial charge in [0.05, 0.1) is 5.92 Å². The van der Waals surface area contributed by atoms with Gasteiger partial charge in [0.25, 0.3) is 0 Å². The first kappa shape index (κ1) is 23.8. The quantitative estimate of drug-likeness (QED) is 0.513. The minimum absolute atomic E-state index is 0.0129. The van der Waals surface area contributed by atoms with Crippen molar-refractivity contribution in [3.63, 3.8) is 0 Å². The molecule has 0 bridgehead atoms. The predicted octanol–water partition coefficient (Wildman–Crippen LogP) is 4.31. The summed E-state index contributed by atoms with van der Waals surface area (Å²) in [4.78, 5) is 36.3. The third-order valence-electron chi connectivity index (χ3n) is 7.11. The molecule has 1 saturated carbocycles. The van der Waals surface area contributed by atoms with Gasteiger partial charge in [0, 0.05) is 24.9 Å². The lowest BCUT2D eigenvalue weighted by Crippen LogP contribution is -2.45. The van der Waals surface area contributed by atoms with Gasteiger partial charge in [0.15, 0.2) is 0 Å². The number of rotatable bonds is 9. The molecule has 0 heterocycles. The standard InChI is InChI=1S/C27H32N2O5/c1-2-17(14-25(30)31)15-28-26(32)22-12-7-13-24(22)29-27(33)34-16-23-20-10-5-3-8-18(20)19-9-4-6-11-21(19)23/h3-6,8-11,17,22-24H,2,7,12-16H2,1H3,(H,28,32)(H,29,33)(H,30,31). The number of ether oxygens (including phenoxy) is 1. The van der Waals surface area contributed by atoms with E-state index in [-0.39, 0.29) is 42.7 Å². The Balaban J connectivity index is 1.32. The van der Waals surface area contributed by atoms with E-state index in [1.807, 2.05) is 31.2 Å². The summed E-state index contributed by atoms with van der Waals surface area (Å²) in [6, 6.07) is 16.1.